The summed E-state index contributed by atoms with van der Waals surface area (Å²) < 4.78 is 9.92. The molecule has 0 saturated heterocycles. The number of nitrogen functional groups attached to an aromatic ring is 1. The fourth-order valence-electron chi connectivity index (χ4n) is 2.05. The van der Waals surface area contributed by atoms with Gasteiger partial charge in [-0.1, -0.05) is 6.92 Å². The van der Waals surface area contributed by atoms with Gasteiger partial charge in [0.2, 0.25) is 0 Å². The van der Waals surface area contributed by atoms with Gasteiger partial charge >= 0.3 is 5.97 Å². The molecular weight excluding hydrogens is 274 g/mol. The number of anilines is 1. The van der Waals surface area contributed by atoms with E-state index in [1.807, 2.05) is 31.2 Å². The van der Waals surface area contributed by atoms with Crippen LogP contribution in [0, 0.1) is 0 Å². The lowest BCUT2D eigenvalue weighted by Gasteiger charge is -2.04. The highest BCUT2D eigenvalue weighted by molar-refractivity contribution is 7.18. The molecule has 1 heterocycles. The van der Waals surface area contributed by atoms with Crippen LogP contribution in [0.5, 0.6) is 5.75 Å². The molecule has 1 aromatic heterocycles. The van der Waals surface area contributed by atoms with Crippen LogP contribution in [0.4, 0.5) is 5.69 Å². The average molecular weight is 291 g/mol. The van der Waals surface area contributed by atoms with Crippen LogP contribution in [0.1, 0.15) is 22.2 Å². The Morgan fingerprint density at radius 3 is 2.40 bits per heavy atom. The Hall–Kier alpha value is -2.01. The van der Waals surface area contributed by atoms with Gasteiger partial charge in [0.15, 0.2) is 0 Å². The zero-order chi connectivity index (χ0) is 14.7. The van der Waals surface area contributed by atoms with E-state index in [0.29, 0.717) is 10.6 Å². The molecule has 2 aromatic rings. The molecule has 0 spiro atoms. The first-order valence-electron chi connectivity index (χ1n) is 6.26. The molecule has 0 saturated carbocycles. The van der Waals surface area contributed by atoms with Gasteiger partial charge in [0.05, 0.1) is 19.9 Å². The van der Waals surface area contributed by atoms with Crippen molar-refractivity contribution in [2.24, 2.45) is 0 Å². The first-order chi connectivity index (χ1) is 9.62. The highest BCUT2D eigenvalue weighted by Gasteiger charge is 2.21. The zero-order valence-electron chi connectivity index (χ0n) is 11.7. The van der Waals surface area contributed by atoms with E-state index in [0.717, 1.165) is 28.2 Å². The number of nitrogens with two attached hydrogens (primary N) is 1. The van der Waals surface area contributed by atoms with Gasteiger partial charge in [-0.05, 0) is 41.8 Å². The normalized spacial score (nSPS) is 10.3. The molecule has 0 radical (unpaired) electrons. The van der Waals surface area contributed by atoms with E-state index >= 15 is 0 Å². The van der Waals surface area contributed by atoms with E-state index in [4.69, 9.17) is 15.2 Å². The molecule has 4 nitrogen and oxygen atoms in total. The lowest BCUT2D eigenvalue weighted by Crippen LogP contribution is -2.02. The summed E-state index contributed by atoms with van der Waals surface area (Å²) in [5, 5.41) is 0. The zero-order valence-corrected chi connectivity index (χ0v) is 12.5. The Morgan fingerprint density at radius 1 is 1.25 bits per heavy atom. The minimum Gasteiger partial charge on any atom is -0.497 e. The van der Waals surface area contributed by atoms with Gasteiger partial charge in [-0.15, -0.1) is 11.3 Å². The SMILES string of the molecule is CCc1c(-c2ccc(OC)cc2)sc(C(=O)OC)c1N. The Labute approximate surface area is 122 Å². The first-order valence-corrected chi connectivity index (χ1v) is 7.07. The predicted octanol–water partition coefficient (Wildman–Crippen LogP) is 3.35. The van der Waals surface area contributed by atoms with Crippen LogP contribution in [0.15, 0.2) is 24.3 Å². The van der Waals surface area contributed by atoms with Crippen LogP contribution in [0.25, 0.3) is 10.4 Å². The number of benzene rings is 1. The predicted molar refractivity (Wildman–Crippen MR) is 81.4 cm³/mol. The van der Waals surface area contributed by atoms with Gasteiger partial charge in [0.1, 0.15) is 10.6 Å². The lowest BCUT2D eigenvalue weighted by atomic mass is 10.1. The quantitative estimate of drug-likeness (QED) is 0.877. The summed E-state index contributed by atoms with van der Waals surface area (Å²) in [7, 11) is 2.99. The van der Waals surface area contributed by atoms with Gasteiger partial charge in [-0.3, -0.25) is 0 Å². The number of esters is 1. The number of ether oxygens (including phenoxy) is 2. The van der Waals surface area contributed by atoms with Crippen molar-refractivity contribution in [3.63, 3.8) is 0 Å². The van der Waals surface area contributed by atoms with Crippen LogP contribution in [-0.4, -0.2) is 20.2 Å². The van der Waals surface area contributed by atoms with Gasteiger partial charge in [0, 0.05) is 4.88 Å². The van der Waals surface area contributed by atoms with Crippen molar-refractivity contribution in [3.05, 3.63) is 34.7 Å². The van der Waals surface area contributed by atoms with E-state index in [1.165, 1.54) is 18.4 Å². The second-order valence-electron chi connectivity index (χ2n) is 4.23. The molecule has 1 aromatic carbocycles. The molecule has 0 aliphatic rings. The Balaban J connectivity index is 2.52. The van der Waals surface area contributed by atoms with E-state index in [1.54, 1.807) is 7.11 Å². The van der Waals surface area contributed by atoms with Crippen molar-refractivity contribution in [2.75, 3.05) is 20.0 Å². The fourth-order valence-corrected chi connectivity index (χ4v) is 3.28. The number of thiophene rings is 1. The van der Waals surface area contributed by atoms with Crippen molar-refractivity contribution < 1.29 is 14.3 Å². The average Bonchev–Trinajstić information content (AvgIpc) is 2.83. The summed E-state index contributed by atoms with van der Waals surface area (Å²) >= 11 is 1.37. The molecule has 0 fully saturated rings. The van der Waals surface area contributed by atoms with Gasteiger partial charge in [0.25, 0.3) is 0 Å². The smallest absolute Gasteiger partial charge is 0.350 e. The Kier molecular flexibility index (Phi) is 4.29. The summed E-state index contributed by atoms with van der Waals surface area (Å²) in [4.78, 5) is 13.2. The number of carbonyl (C=O) groups excluding carboxylic acids is 1. The number of hydrogen-bond acceptors (Lipinski definition) is 5. The lowest BCUT2D eigenvalue weighted by molar-refractivity contribution is 0.0607. The van der Waals surface area contributed by atoms with Crippen LogP contribution in [0.2, 0.25) is 0 Å². The standard InChI is InChI=1S/C15H17NO3S/c1-4-11-12(16)14(15(17)19-3)20-13(11)9-5-7-10(18-2)8-6-9/h5-8H,4,16H2,1-3H3. The molecule has 2 rings (SSSR count). The van der Waals surface area contributed by atoms with Gasteiger partial charge in [-0.2, -0.15) is 0 Å². The van der Waals surface area contributed by atoms with Crippen molar-refractivity contribution in [1.82, 2.24) is 0 Å². The second-order valence-corrected chi connectivity index (χ2v) is 5.25. The molecule has 20 heavy (non-hydrogen) atoms. The molecule has 106 valence electrons. The van der Waals surface area contributed by atoms with Crippen molar-refractivity contribution in [1.29, 1.82) is 0 Å². The van der Waals surface area contributed by atoms with Crippen molar-refractivity contribution in [2.45, 2.75) is 13.3 Å². The molecule has 0 bridgehead atoms. The first kappa shape index (κ1) is 14.4. The monoisotopic (exact) mass is 291 g/mol. The molecule has 0 amide bonds. The number of rotatable bonds is 4. The van der Waals surface area contributed by atoms with Crippen LogP contribution in [0.3, 0.4) is 0 Å². The number of carbonyl (C=O) groups is 1. The maximum Gasteiger partial charge on any atom is 0.350 e. The van der Waals surface area contributed by atoms with Crippen molar-refractivity contribution >= 4 is 23.0 Å². The molecule has 0 unspecified atom stereocenters. The minimum atomic E-state index is -0.387. The molecule has 0 aliphatic carbocycles. The van der Waals surface area contributed by atoms with Gasteiger partial charge in [-0.25, -0.2) is 4.79 Å². The third-order valence-electron chi connectivity index (χ3n) is 3.12. The molecule has 2 N–H and O–H groups in total. The summed E-state index contributed by atoms with van der Waals surface area (Å²) in [5.41, 5.74) is 8.60. The third kappa shape index (κ3) is 2.49. The third-order valence-corrected chi connectivity index (χ3v) is 4.40. The van der Waals surface area contributed by atoms with Crippen LogP contribution >= 0.6 is 11.3 Å². The molecule has 5 heteroatoms. The summed E-state index contributed by atoms with van der Waals surface area (Å²) in [6, 6.07) is 7.71. The van der Waals surface area contributed by atoms with E-state index in [2.05, 4.69) is 0 Å². The topological polar surface area (TPSA) is 61.5 Å². The van der Waals surface area contributed by atoms with Crippen LogP contribution in [-0.2, 0) is 11.2 Å². The van der Waals surface area contributed by atoms with E-state index < -0.39 is 0 Å². The maximum atomic E-state index is 11.7. The van der Waals surface area contributed by atoms with Crippen molar-refractivity contribution in [3.8, 4) is 16.2 Å². The Morgan fingerprint density at radius 2 is 1.90 bits per heavy atom. The fraction of sp³-hybridized carbons (Fsp3) is 0.267. The molecular formula is C15H17NO3S. The summed E-state index contributed by atoms with van der Waals surface area (Å²) in [6.45, 7) is 2.02. The maximum absolute atomic E-state index is 11.7. The number of methoxy groups -OCH3 is 2. The second kappa shape index (κ2) is 5.96. The van der Waals surface area contributed by atoms with E-state index in [9.17, 15) is 4.79 Å². The highest BCUT2D eigenvalue weighted by Crippen LogP contribution is 2.39. The molecule has 0 atom stereocenters. The number of hydrogen-bond donors (Lipinski definition) is 1. The van der Waals surface area contributed by atoms with Crippen LogP contribution < -0.4 is 10.5 Å². The van der Waals surface area contributed by atoms with E-state index in [-0.39, 0.29) is 5.97 Å². The largest absolute Gasteiger partial charge is 0.497 e. The summed E-state index contributed by atoms with van der Waals surface area (Å²) in [6.07, 6.45) is 0.765. The molecule has 0 aliphatic heterocycles. The minimum absolute atomic E-state index is 0.387. The Bertz CT molecular complexity index is 617. The highest BCUT2D eigenvalue weighted by atomic mass is 32.1. The summed E-state index contributed by atoms with van der Waals surface area (Å²) in [5.74, 6) is 0.409. The van der Waals surface area contributed by atoms with Gasteiger partial charge < -0.3 is 15.2 Å².